The molecular formula is C19H21N5O3S. The van der Waals surface area contributed by atoms with Crippen LogP contribution in [0.25, 0.3) is 5.69 Å². The molecule has 0 saturated heterocycles. The minimum Gasteiger partial charge on any atom is -0.480 e. The van der Waals surface area contributed by atoms with Gasteiger partial charge < -0.3 is 15.2 Å². The van der Waals surface area contributed by atoms with Crippen LogP contribution in [0, 0.1) is 0 Å². The highest BCUT2D eigenvalue weighted by molar-refractivity contribution is 7.98. The first kappa shape index (κ1) is 19.8. The lowest BCUT2D eigenvalue weighted by atomic mass is 10.1. The Morgan fingerprint density at radius 1 is 1.25 bits per heavy atom. The van der Waals surface area contributed by atoms with Crippen LogP contribution in [-0.4, -0.2) is 49.3 Å². The van der Waals surface area contributed by atoms with Crippen LogP contribution in [0.5, 0.6) is 11.8 Å². The number of nitrogens with one attached hydrogen (secondary N) is 1. The Labute approximate surface area is 166 Å². The summed E-state index contributed by atoms with van der Waals surface area (Å²) in [5.74, 6) is 0.515. The predicted octanol–water partition coefficient (Wildman–Crippen LogP) is 2.75. The Morgan fingerprint density at radius 3 is 2.82 bits per heavy atom. The lowest BCUT2D eigenvalue weighted by Crippen LogP contribution is -2.36. The van der Waals surface area contributed by atoms with Crippen LogP contribution in [0.15, 0.2) is 54.6 Å². The van der Waals surface area contributed by atoms with Crippen molar-refractivity contribution in [1.29, 1.82) is 0 Å². The fourth-order valence-corrected chi connectivity index (χ4v) is 3.06. The van der Waals surface area contributed by atoms with E-state index < -0.39 is 12.0 Å². The molecule has 0 bridgehead atoms. The first-order valence-electron chi connectivity index (χ1n) is 8.73. The third-order valence-corrected chi connectivity index (χ3v) is 4.65. The van der Waals surface area contributed by atoms with Crippen molar-refractivity contribution < 1.29 is 14.6 Å². The smallest absolute Gasteiger partial charge is 0.345 e. The molecule has 2 N–H and O–H groups in total. The van der Waals surface area contributed by atoms with Gasteiger partial charge in [-0.1, -0.05) is 35.4 Å². The van der Waals surface area contributed by atoms with E-state index in [1.807, 2.05) is 54.8 Å². The van der Waals surface area contributed by atoms with E-state index in [1.165, 1.54) is 4.68 Å². The van der Waals surface area contributed by atoms with E-state index in [2.05, 4.69) is 20.8 Å². The van der Waals surface area contributed by atoms with E-state index >= 15 is 0 Å². The zero-order chi connectivity index (χ0) is 19.8. The minimum atomic E-state index is -0.844. The number of nitrogens with zero attached hydrogens (tertiary/aromatic N) is 4. The Bertz CT molecular complexity index is 903. The number of hydrogen-bond donors (Lipinski definition) is 2. The Balaban J connectivity index is 1.68. The Hall–Kier alpha value is -2.91. The molecule has 1 unspecified atom stereocenters. The van der Waals surface area contributed by atoms with Gasteiger partial charge in [0.25, 0.3) is 0 Å². The van der Waals surface area contributed by atoms with E-state index in [0.29, 0.717) is 18.7 Å². The molecule has 1 atom stereocenters. The van der Waals surface area contributed by atoms with Gasteiger partial charge in [-0.05, 0) is 58.7 Å². The summed E-state index contributed by atoms with van der Waals surface area (Å²) in [4.78, 5) is 11.4. The summed E-state index contributed by atoms with van der Waals surface area (Å²) < 4.78 is 7.35. The van der Waals surface area contributed by atoms with Crippen molar-refractivity contribution in [2.75, 3.05) is 12.0 Å². The fraction of sp³-hybridized carbons (Fsp3) is 0.263. The van der Waals surface area contributed by atoms with E-state index in [1.54, 1.807) is 17.8 Å². The van der Waals surface area contributed by atoms with Crippen molar-refractivity contribution in [3.63, 3.8) is 0 Å². The molecule has 0 spiro atoms. The van der Waals surface area contributed by atoms with E-state index in [-0.39, 0.29) is 6.01 Å². The van der Waals surface area contributed by atoms with Gasteiger partial charge in [0.2, 0.25) is 0 Å². The number of carbonyl (C=O) groups is 1. The van der Waals surface area contributed by atoms with Crippen LogP contribution >= 0.6 is 11.8 Å². The maximum absolute atomic E-state index is 11.4. The maximum atomic E-state index is 11.4. The molecule has 3 rings (SSSR count). The number of thioether (sulfide) groups is 1. The highest BCUT2D eigenvalue weighted by Crippen LogP contribution is 2.22. The summed E-state index contributed by atoms with van der Waals surface area (Å²) >= 11 is 1.63. The number of hydrogen-bond acceptors (Lipinski definition) is 7. The first-order valence-corrected chi connectivity index (χ1v) is 10.1. The molecule has 0 radical (unpaired) electrons. The molecule has 0 saturated carbocycles. The van der Waals surface area contributed by atoms with Crippen molar-refractivity contribution in [2.45, 2.75) is 19.0 Å². The van der Waals surface area contributed by atoms with Gasteiger partial charge >= 0.3 is 12.0 Å². The third-order valence-electron chi connectivity index (χ3n) is 4.01. The number of carboxylic acid groups (broad SMARTS) is 1. The monoisotopic (exact) mass is 399 g/mol. The second-order valence-electron chi connectivity index (χ2n) is 6.01. The van der Waals surface area contributed by atoms with Gasteiger partial charge in [-0.15, -0.1) is 0 Å². The molecule has 0 aliphatic rings. The zero-order valence-electron chi connectivity index (χ0n) is 15.4. The SMILES string of the molecule is CSCCC(NCc1cccc(Oc2nnnn2-c2ccccc2)c1)C(=O)O. The van der Waals surface area contributed by atoms with Crippen LogP contribution in [0.3, 0.4) is 0 Å². The van der Waals surface area contributed by atoms with Gasteiger partial charge in [-0.25, -0.2) is 0 Å². The molecule has 28 heavy (non-hydrogen) atoms. The van der Waals surface area contributed by atoms with E-state index in [9.17, 15) is 9.90 Å². The number of para-hydroxylation sites is 1. The largest absolute Gasteiger partial charge is 0.480 e. The summed E-state index contributed by atoms with van der Waals surface area (Å²) in [6.07, 6.45) is 2.53. The summed E-state index contributed by atoms with van der Waals surface area (Å²) in [6, 6.07) is 16.5. The fourth-order valence-electron chi connectivity index (χ4n) is 2.59. The normalized spacial score (nSPS) is 11.9. The second-order valence-corrected chi connectivity index (χ2v) is 7.00. The summed E-state index contributed by atoms with van der Waals surface area (Å²) in [5, 5.41) is 24.0. The van der Waals surface area contributed by atoms with Gasteiger partial charge in [0.1, 0.15) is 11.8 Å². The average Bonchev–Trinajstić information content (AvgIpc) is 3.17. The molecule has 9 heteroatoms. The molecule has 1 aromatic heterocycles. The first-order chi connectivity index (χ1) is 13.7. The van der Waals surface area contributed by atoms with Crippen molar-refractivity contribution in [2.24, 2.45) is 0 Å². The van der Waals surface area contributed by atoms with Crippen LogP contribution < -0.4 is 10.1 Å². The van der Waals surface area contributed by atoms with E-state index in [0.717, 1.165) is 17.0 Å². The highest BCUT2D eigenvalue weighted by atomic mass is 32.2. The quantitative estimate of drug-likeness (QED) is 0.537. The molecule has 0 fully saturated rings. The second kappa shape index (κ2) is 9.86. The molecule has 0 amide bonds. The lowest BCUT2D eigenvalue weighted by molar-refractivity contribution is -0.139. The van der Waals surface area contributed by atoms with Crippen LogP contribution in [0.2, 0.25) is 0 Å². The van der Waals surface area contributed by atoms with Gasteiger partial charge in [0.15, 0.2) is 0 Å². The number of tetrazole rings is 1. The lowest BCUT2D eigenvalue weighted by Gasteiger charge is -2.14. The van der Waals surface area contributed by atoms with Crippen molar-refractivity contribution in [3.8, 4) is 17.4 Å². The van der Waals surface area contributed by atoms with Gasteiger partial charge in [0, 0.05) is 6.54 Å². The van der Waals surface area contributed by atoms with Gasteiger partial charge in [-0.3, -0.25) is 4.79 Å². The molecular weight excluding hydrogens is 378 g/mol. The summed E-state index contributed by atoms with van der Waals surface area (Å²) in [7, 11) is 0. The molecule has 146 valence electrons. The Kier molecular flexibility index (Phi) is 6.99. The third kappa shape index (κ3) is 5.30. The minimum absolute atomic E-state index is 0.250. The zero-order valence-corrected chi connectivity index (χ0v) is 16.2. The number of carboxylic acids is 1. The van der Waals surface area contributed by atoms with Crippen LogP contribution in [-0.2, 0) is 11.3 Å². The van der Waals surface area contributed by atoms with Crippen LogP contribution in [0.1, 0.15) is 12.0 Å². The van der Waals surface area contributed by atoms with Gasteiger partial charge in [0.05, 0.1) is 5.69 Å². The number of aliphatic carboxylic acids is 1. The van der Waals surface area contributed by atoms with Gasteiger partial charge in [-0.2, -0.15) is 16.4 Å². The van der Waals surface area contributed by atoms with Crippen LogP contribution in [0.4, 0.5) is 0 Å². The summed E-state index contributed by atoms with van der Waals surface area (Å²) in [5.41, 5.74) is 1.70. The van der Waals surface area contributed by atoms with Crippen molar-refractivity contribution >= 4 is 17.7 Å². The number of benzene rings is 2. The highest BCUT2D eigenvalue weighted by Gasteiger charge is 2.16. The molecule has 0 aliphatic carbocycles. The van der Waals surface area contributed by atoms with Crippen molar-refractivity contribution in [3.05, 3.63) is 60.2 Å². The number of ether oxygens (including phenoxy) is 1. The number of aromatic nitrogens is 4. The molecule has 3 aromatic rings. The number of rotatable bonds is 10. The Morgan fingerprint density at radius 2 is 2.07 bits per heavy atom. The predicted molar refractivity (Wildman–Crippen MR) is 107 cm³/mol. The molecule has 0 aliphatic heterocycles. The standard InChI is InChI=1S/C19H21N5O3S/c1-28-11-10-17(18(25)26)20-13-14-6-5-9-16(12-14)27-19-21-22-23-24(19)15-7-3-2-4-8-15/h2-9,12,17,20H,10-11,13H2,1H3,(H,25,26). The average molecular weight is 399 g/mol. The van der Waals surface area contributed by atoms with E-state index in [4.69, 9.17) is 4.74 Å². The van der Waals surface area contributed by atoms with Crippen molar-refractivity contribution in [1.82, 2.24) is 25.5 Å². The summed E-state index contributed by atoms with van der Waals surface area (Å²) in [6.45, 7) is 0.423. The molecule has 2 aromatic carbocycles. The molecule has 8 nitrogen and oxygen atoms in total. The molecule has 1 heterocycles. The topological polar surface area (TPSA) is 102 Å². The maximum Gasteiger partial charge on any atom is 0.345 e.